The molecule has 0 unspecified atom stereocenters. The number of hydrogen-bond donors (Lipinski definition) is 1. The molecule has 0 bridgehead atoms. The molecule has 7 heavy (non-hydrogen) atoms. The van der Waals surface area contributed by atoms with Gasteiger partial charge in [0.2, 0.25) is 5.24 Å². The standard InChI is InChI=1S/C2H2Cl2O.CH4O/c3-1-2(4)5;1-2/h1H2;2H,1H3. The quantitative estimate of drug-likeness (QED) is 0.433. The molecule has 0 radical (unpaired) electrons. The minimum Gasteiger partial charge on any atom is -0.400 e. The predicted molar refractivity (Wildman–Crippen MR) is 29.7 cm³/mol. The SMILES string of the molecule is CO.O=C(Cl)CCl. The summed E-state index contributed by atoms with van der Waals surface area (Å²) in [5, 5.41) is 6.49. The van der Waals surface area contributed by atoms with Crippen LogP contribution < -0.4 is 0 Å². The second kappa shape index (κ2) is 9.51. The minimum absolute atomic E-state index is 0.0957. The summed E-state index contributed by atoms with van der Waals surface area (Å²) < 4.78 is 0. The van der Waals surface area contributed by atoms with E-state index in [1.165, 1.54) is 0 Å². The molecule has 0 aromatic carbocycles. The first kappa shape index (κ1) is 10.2. The molecule has 0 aliphatic carbocycles. The molecule has 0 aromatic heterocycles. The molecule has 2 nitrogen and oxygen atoms in total. The maximum absolute atomic E-state index is 9.45. The Morgan fingerprint density at radius 2 is 1.86 bits per heavy atom. The number of alkyl halides is 1. The Labute approximate surface area is 52.0 Å². The van der Waals surface area contributed by atoms with Gasteiger partial charge in [-0.25, -0.2) is 0 Å². The summed E-state index contributed by atoms with van der Waals surface area (Å²) in [5.74, 6) is -0.0957. The van der Waals surface area contributed by atoms with Gasteiger partial charge in [-0.05, 0) is 11.6 Å². The van der Waals surface area contributed by atoms with E-state index in [0.717, 1.165) is 7.11 Å². The number of aliphatic hydroxyl groups is 1. The van der Waals surface area contributed by atoms with Crippen LogP contribution in [0.4, 0.5) is 0 Å². The molecule has 0 fully saturated rings. The highest BCUT2D eigenvalue weighted by atomic mass is 35.5. The van der Waals surface area contributed by atoms with Gasteiger partial charge in [-0.1, -0.05) is 0 Å². The number of carbonyl (C=O) groups is 1. The van der Waals surface area contributed by atoms with Gasteiger partial charge in [-0.15, -0.1) is 11.6 Å². The second-order valence-electron chi connectivity index (χ2n) is 0.489. The van der Waals surface area contributed by atoms with Crippen LogP contribution in [0.5, 0.6) is 0 Å². The van der Waals surface area contributed by atoms with Crippen molar-refractivity contribution < 1.29 is 9.90 Å². The highest BCUT2D eigenvalue weighted by molar-refractivity contribution is 6.67. The van der Waals surface area contributed by atoms with Crippen LogP contribution in [0.25, 0.3) is 0 Å². The molecule has 0 spiro atoms. The van der Waals surface area contributed by atoms with Gasteiger partial charge in [0.1, 0.15) is 0 Å². The fourth-order valence-corrected chi connectivity index (χ4v) is 0. The molecule has 0 aliphatic rings. The number of aliphatic hydroxyl groups excluding tert-OH is 1. The van der Waals surface area contributed by atoms with E-state index in [9.17, 15) is 4.79 Å². The van der Waals surface area contributed by atoms with Crippen molar-refractivity contribution in [2.24, 2.45) is 0 Å². The molecule has 0 atom stereocenters. The Morgan fingerprint density at radius 1 is 1.71 bits per heavy atom. The summed E-state index contributed by atoms with van der Waals surface area (Å²) in [6.45, 7) is 0. The van der Waals surface area contributed by atoms with Crippen molar-refractivity contribution in [3.63, 3.8) is 0 Å². The third kappa shape index (κ3) is 22.5. The monoisotopic (exact) mass is 144 g/mol. The van der Waals surface area contributed by atoms with Gasteiger partial charge >= 0.3 is 0 Å². The topological polar surface area (TPSA) is 37.3 Å². The zero-order valence-corrected chi connectivity index (χ0v) is 5.33. The van der Waals surface area contributed by atoms with E-state index in [2.05, 4.69) is 0 Å². The van der Waals surface area contributed by atoms with Crippen molar-refractivity contribution in [2.45, 2.75) is 0 Å². The van der Waals surface area contributed by atoms with E-state index in [4.69, 9.17) is 28.3 Å². The van der Waals surface area contributed by atoms with E-state index < -0.39 is 5.24 Å². The number of halogens is 2. The van der Waals surface area contributed by atoms with Crippen molar-refractivity contribution >= 4 is 28.4 Å². The van der Waals surface area contributed by atoms with E-state index in [1.807, 2.05) is 0 Å². The van der Waals surface area contributed by atoms with E-state index in [0.29, 0.717) is 0 Å². The van der Waals surface area contributed by atoms with Gasteiger partial charge in [0.15, 0.2) is 0 Å². The molecule has 0 aliphatic heterocycles. The first-order chi connectivity index (χ1) is 3.27. The molecule has 44 valence electrons. The Hall–Kier alpha value is 0.210. The third-order valence-corrected chi connectivity index (χ3v) is 0.618. The summed E-state index contributed by atoms with van der Waals surface area (Å²) in [6, 6.07) is 0. The number of rotatable bonds is 1. The summed E-state index contributed by atoms with van der Waals surface area (Å²) in [4.78, 5) is 9.45. The van der Waals surface area contributed by atoms with Crippen LogP contribution in [0.3, 0.4) is 0 Å². The average molecular weight is 145 g/mol. The normalized spacial score (nSPS) is 6.29. The molecule has 4 heteroatoms. The Balaban J connectivity index is 0. The van der Waals surface area contributed by atoms with Gasteiger partial charge in [0, 0.05) is 7.11 Å². The molecular weight excluding hydrogens is 139 g/mol. The highest BCUT2D eigenvalue weighted by Gasteiger charge is 1.83. The van der Waals surface area contributed by atoms with Gasteiger partial charge in [-0.3, -0.25) is 4.79 Å². The van der Waals surface area contributed by atoms with Gasteiger partial charge < -0.3 is 5.11 Å². The largest absolute Gasteiger partial charge is 0.400 e. The van der Waals surface area contributed by atoms with Crippen molar-refractivity contribution in [3.05, 3.63) is 0 Å². The van der Waals surface area contributed by atoms with Crippen molar-refractivity contribution in [2.75, 3.05) is 13.0 Å². The van der Waals surface area contributed by atoms with Crippen LogP contribution in [0.15, 0.2) is 0 Å². The third-order valence-electron chi connectivity index (χ3n) is 0.105. The van der Waals surface area contributed by atoms with Crippen molar-refractivity contribution in [1.29, 1.82) is 0 Å². The maximum atomic E-state index is 9.45. The van der Waals surface area contributed by atoms with Crippen LogP contribution in [0.2, 0.25) is 0 Å². The number of hydrogen-bond acceptors (Lipinski definition) is 2. The van der Waals surface area contributed by atoms with E-state index in [1.54, 1.807) is 0 Å². The predicted octanol–water partition coefficient (Wildman–Crippen LogP) is 0.599. The van der Waals surface area contributed by atoms with E-state index in [-0.39, 0.29) is 5.88 Å². The van der Waals surface area contributed by atoms with Crippen LogP contribution in [-0.2, 0) is 4.79 Å². The summed E-state index contributed by atoms with van der Waals surface area (Å²) in [5.41, 5.74) is 0. The lowest BCUT2D eigenvalue weighted by atomic mass is 10.9. The fraction of sp³-hybridized carbons (Fsp3) is 0.667. The van der Waals surface area contributed by atoms with Crippen molar-refractivity contribution in [1.82, 2.24) is 0 Å². The minimum atomic E-state index is -0.508. The first-order valence-electron chi connectivity index (χ1n) is 1.46. The zero-order chi connectivity index (χ0) is 6.28. The Morgan fingerprint density at radius 3 is 1.86 bits per heavy atom. The number of carbonyl (C=O) groups excluding carboxylic acids is 1. The molecule has 1 N–H and O–H groups in total. The molecule has 0 heterocycles. The van der Waals surface area contributed by atoms with E-state index >= 15 is 0 Å². The highest BCUT2D eigenvalue weighted by Crippen LogP contribution is 1.80. The van der Waals surface area contributed by atoms with Gasteiger partial charge in [0.05, 0.1) is 5.88 Å². The van der Waals surface area contributed by atoms with Crippen LogP contribution in [0, 0.1) is 0 Å². The smallest absolute Gasteiger partial charge is 0.236 e. The summed E-state index contributed by atoms with van der Waals surface area (Å²) >= 11 is 9.55. The van der Waals surface area contributed by atoms with Gasteiger partial charge in [0.25, 0.3) is 0 Å². The van der Waals surface area contributed by atoms with Crippen LogP contribution in [-0.4, -0.2) is 23.3 Å². The Kier molecular flexibility index (Phi) is 13.9. The average Bonchev–Trinajstić information content (AvgIpc) is 1.73. The molecular formula is C3H6Cl2O2. The van der Waals surface area contributed by atoms with Crippen LogP contribution >= 0.6 is 23.2 Å². The van der Waals surface area contributed by atoms with Crippen LogP contribution in [0.1, 0.15) is 0 Å². The zero-order valence-electron chi connectivity index (χ0n) is 3.82. The molecule has 0 saturated heterocycles. The Bertz CT molecular complexity index is 46.2. The molecule has 0 rings (SSSR count). The van der Waals surface area contributed by atoms with Gasteiger partial charge in [-0.2, -0.15) is 0 Å². The first-order valence-corrected chi connectivity index (χ1v) is 2.37. The second-order valence-corrected chi connectivity index (χ2v) is 1.18. The lowest BCUT2D eigenvalue weighted by molar-refractivity contribution is -0.109. The maximum Gasteiger partial charge on any atom is 0.236 e. The fourth-order valence-electron chi connectivity index (χ4n) is 0. The molecule has 0 amide bonds. The molecule has 0 saturated carbocycles. The lowest BCUT2D eigenvalue weighted by Crippen LogP contribution is -1.81. The summed E-state index contributed by atoms with van der Waals surface area (Å²) in [7, 11) is 1.00. The van der Waals surface area contributed by atoms with Crippen molar-refractivity contribution in [3.8, 4) is 0 Å². The summed E-state index contributed by atoms with van der Waals surface area (Å²) in [6.07, 6.45) is 0. The molecule has 0 aromatic rings. The lowest BCUT2D eigenvalue weighted by Gasteiger charge is -1.65.